The Balaban J connectivity index is 0.00000364. The van der Waals surface area contributed by atoms with Crippen LogP contribution >= 0.6 is 12.4 Å². The first kappa shape index (κ1) is 22.6. The zero-order valence-corrected chi connectivity index (χ0v) is 16.6. The van der Waals surface area contributed by atoms with Gasteiger partial charge in [-0.05, 0) is 18.6 Å². The Labute approximate surface area is 166 Å². The molecule has 0 aliphatic heterocycles. The van der Waals surface area contributed by atoms with E-state index < -0.39 is 6.04 Å². The molecule has 0 spiro atoms. The molecule has 2 N–H and O–H groups in total. The molecule has 2 aromatic rings. The number of methoxy groups -OCH3 is 2. The first-order valence-corrected chi connectivity index (χ1v) is 8.42. The highest BCUT2D eigenvalue weighted by Crippen LogP contribution is 2.38. The molecule has 2 rings (SSSR count). The Morgan fingerprint density at radius 2 is 1.67 bits per heavy atom. The van der Waals surface area contributed by atoms with E-state index in [0.717, 1.165) is 5.56 Å². The molecular formula is C20H26ClNO5. The fourth-order valence-corrected chi connectivity index (χ4v) is 2.54. The summed E-state index contributed by atoms with van der Waals surface area (Å²) in [6.07, 6.45) is 0.0466. The maximum Gasteiger partial charge on any atom is 0.307 e. The molecule has 0 bridgehead atoms. The van der Waals surface area contributed by atoms with Crippen LogP contribution in [0.1, 0.15) is 30.5 Å². The average molecular weight is 396 g/mol. The van der Waals surface area contributed by atoms with Gasteiger partial charge in [-0.15, -0.1) is 12.4 Å². The van der Waals surface area contributed by atoms with E-state index in [2.05, 4.69) is 0 Å². The SMILES string of the molecule is CCOC(=O)C[C@H](N)c1cc(OC)c(OC)cc1OCc1ccccc1.Cl. The van der Waals surface area contributed by atoms with E-state index in [1.54, 1.807) is 33.3 Å². The van der Waals surface area contributed by atoms with E-state index in [0.29, 0.717) is 36.0 Å². The van der Waals surface area contributed by atoms with Crippen LogP contribution in [0.25, 0.3) is 0 Å². The molecule has 0 aliphatic rings. The van der Waals surface area contributed by atoms with Crippen molar-refractivity contribution in [2.45, 2.75) is 26.0 Å². The van der Waals surface area contributed by atoms with E-state index in [1.807, 2.05) is 30.3 Å². The molecule has 0 fully saturated rings. The van der Waals surface area contributed by atoms with Crippen molar-refractivity contribution in [3.63, 3.8) is 0 Å². The largest absolute Gasteiger partial charge is 0.493 e. The standard InChI is InChI=1S/C20H25NO5.ClH/c1-4-25-20(22)11-16(21)15-10-18(23-2)19(24-3)12-17(15)26-13-14-8-6-5-7-9-14;/h5-10,12,16H,4,11,13,21H2,1-3H3;1H/t16-;/m0./s1. The van der Waals surface area contributed by atoms with E-state index >= 15 is 0 Å². The molecule has 0 saturated carbocycles. The van der Waals surface area contributed by atoms with Crippen molar-refractivity contribution in [1.82, 2.24) is 0 Å². The van der Waals surface area contributed by atoms with Gasteiger partial charge in [-0.2, -0.15) is 0 Å². The number of hydrogen-bond donors (Lipinski definition) is 1. The lowest BCUT2D eigenvalue weighted by atomic mass is 10.0. The van der Waals surface area contributed by atoms with Crippen LogP contribution in [0.5, 0.6) is 17.2 Å². The molecule has 1 atom stereocenters. The third kappa shape index (κ3) is 6.34. The smallest absolute Gasteiger partial charge is 0.307 e. The zero-order valence-electron chi connectivity index (χ0n) is 15.8. The first-order chi connectivity index (χ1) is 12.6. The van der Waals surface area contributed by atoms with Crippen LogP contribution in [0.2, 0.25) is 0 Å². The number of esters is 1. The van der Waals surface area contributed by atoms with Gasteiger partial charge in [-0.1, -0.05) is 30.3 Å². The number of ether oxygens (including phenoxy) is 4. The molecule has 0 amide bonds. The molecular weight excluding hydrogens is 370 g/mol. The number of nitrogens with two attached hydrogens (primary N) is 1. The highest BCUT2D eigenvalue weighted by Gasteiger charge is 2.20. The summed E-state index contributed by atoms with van der Waals surface area (Å²) in [5.74, 6) is 1.24. The lowest BCUT2D eigenvalue weighted by molar-refractivity contribution is -0.143. The monoisotopic (exact) mass is 395 g/mol. The van der Waals surface area contributed by atoms with Gasteiger partial charge in [0.15, 0.2) is 11.5 Å². The Bertz CT molecular complexity index is 724. The minimum absolute atomic E-state index is 0. The highest BCUT2D eigenvalue weighted by atomic mass is 35.5. The molecule has 0 aliphatic carbocycles. The van der Waals surface area contributed by atoms with Crippen LogP contribution in [0.3, 0.4) is 0 Å². The molecule has 0 saturated heterocycles. The van der Waals surface area contributed by atoms with E-state index in [-0.39, 0.29) is 24.8 Å². The van der Waals surface area contributed by atoms with Crippen molar-refractivity contribution >= 4 is 18.4 Å². The van der Waals surface area contributed by atoms with Crippen LogP contribution < -0.4 is 19.9 Å². The summed E-state index contributed by atoms with van der Waals surface area (Å²) in [5.41, 5.74) is 7.91. The number of benzene rings is 2. The highest BCUT2D eigenvalue weighted by molar-refractivity contribution is 5.85. The molecule has 0 radical (unpaired) electrons. The Hall–Kier alpha value is -2.44. The Kier molecular flexibility index (Phi) is 9.47. The molecule has 7 heteroatoms. The Morgan fingerprint density at radius 1 is 1.04 bits per heavy atom. The second-order valence-electron chi connectivity index (χ2n) is 5.63. The van der Waals surface area contributed by atoms with Gasteiger partial charge >= 0.3 is 5.97 Å². The number of rotatable bonds is 9. The minimum atomic E-state index is -0.584. The molecule has 0 unspecified atom stereocenters. The summed E-state index contributed by atoms with van der Waals surface area (Å²) >= 11 is 0. The number of carbonyl (C=O) groups excluding carboxylic acids is 1. The fraction of sp³-hybridized carbons (Fsp3) is 0.350. The quantitative estimate of drug-likeness (QED) is 0.652. The van der Waals surface area contributed by atoms with E-state index in [1.165, 1.54) is 0 Å². The lowest BCUT2D eigenvalue weighted by Gasteiger charge is -2.19. The van der Waals surface area contributed by atoms with Gasteiger partial charge in [0.05, 0.1) is 27.2 Å². The van der Waals surface area contributed by atoms with Gasteiger partial charge < -0.3 is 24.7 Å². The van der Waals surface area contributed by atoms with Gasteiger partial charge in [0, 0.05) is 17.7 Å². The van der Waals surface area contributed by atoms with Crippen molar-refractivity contribution in [2.24, 2.45) is 5.73 Å². The second kappa shape index (κ2) is 11.3. The van der Waals surface area contributed by atoms with Crippen LogP contribution in [0.15, 0.2) is 42.5 Å². The maximum atomic E-state index is 11.8. The first-order valence-electron chi connectivity index (χ1n) is 8.42. The Morgan fingerprint density at radius 3 is 2.26 bits per heavy atom. The molecule has 0 heterocycles. The van der Waals surface area contributed by atoms with Crippen molar-refractivity contribution in [3.05, 3.63) is 53.6 Å². The molecule has 2 aromatic carbocycles. The van der Waals surface area contributed by atoms with Crippen LogP contribution in [-0.4, -0.2) is 26.8 Å². The summed E-state index contributed by atoms with van der Waals surface area (Å²) < 4.78 is 21.6. The topological polar surface area (TPSA) is 80.0 Å². The third-order valence-corrected chi connectivity index (χ3v) is 3.84. The summed E-state index contributed by atoms with van der Waals surface area (Å²) in [7, 11) is 3.10. The summed E-state index contributed by atoms with van der Waals surface area (Å²) in [5, 5.41) is 0. The molecule has 148 valence electrons. The van der Waals surface area contributed by atoms with Crippen molar-refractivity contribution in [1.29, 1.82) is 0 Å². The lowest BCUT2D eigenvalue weighted by Crippen LogP contribution is -2.18. The number of halogens is 1. The van der Waals surface area contributed by atoms with Crippen LogP contribution in [0.4, 0.5) is 0 Å². The van der Waals surface area contributed by atoms with Crippen molar-refractivity contribution in [3.8, 4) is 17.2 Å². The summed E-state index contributed by atoms with van der Waals surface area (Å²) in [6, 6.07) is 12.7. The molecule has 27 heavy (non-hydrogen) atoms. The average Bonchev–Trinajstić information content (AvgIpc) is 2.66. The maximum absolute atomic E-state index is 11.8. The number of hydrogen-bond acceptors (Lipinski definition) is 6. The zero-order chi connectivity index (χ0) is 18.9. The second-order valence-corrected chi connectivity index (χ2v) is 5.63. The third-order valence-electron chi connectivity index (χ3n) is 3.84. The van der Waals surface area contributed by atoms with E-state index in [4.69, 9.17) is 24.7 Å². The van der Waals surface area contributed by atoms with Crippen LogP contribution in [-0.2, 0) is 16.1 Å². The predicted octanol–water partition coefficient (Wildman–Crippen LogP) is 3.66. The van der Waals surface area contributed by atoms with Gasteiger partial charge in [-0.3, -0.25) is 4.79 Å². The molecule has 0 aromatic heterocycles. The predicted molar refractivity (Wildman–Crippen MR) is 106 cm³/mol. The summed E-state index contributed by atoms with van der Waals surface area (Å²) in [6.45, 7) is 2.44. The van der Waals surface area contributed by atoms with Gasteiger partial charge in [0.2, 0.25) is 0 Å². The van der Waals surface area contributed by atoms with E-state index in [9.17, 15) is 4.79 Å². The van der Waals surface area contributed by atoms with Gasteiger partial charge in [0.25, 0.3) is 0 Å². The molecule has 6 nitrogen and oxygen atoms in total. The van der Waals surface area contributed by atoms with Gasteiger partial charge in [-0.25, -0.2) is 0 Å². The van der Waals surface area contributed by atoms with Crippen molar-refractivity contribution < 1.29 is 23.7 Å². The minimum Gasteiger partial charge on any atom is -0.493 e. The van der Waals surface area contributed by atoms with Crippen molar-refractivity contribution in [2.75, 3.05) is 20.8 Å². The number of carbonyl (C=O) groups is 1. The normalized spacial score (nSPS) is 11.1. The summed E-state index contributed by atoms with van der Waals surface area (Å²) in [4.78, 5) is 11.8. The van der Waals surface area contributed by atoms with Gasteiger partial charge in [0.1, 0.15) is 12.4 Å². The van der Waals surface area contributed by atoms with Crippen LogP contribution in [0, 0.1) is 0 Å². The fourth-order valence-electron chi connectivity index (χ4n) is 2.54.